The van der Waals surface area contributed by atoms with Crippen molar-refractivity contribution >= 4 is 17.6 Å². The molecule has 2 rings (SSSR count). The molecular formula is C19H17NO6. The molecule has 0 saturated heterocycles. The quantitative estimate of drug-likeness (QED) is 0.327. The lowest BCUT2D eigenvalue weighted by Crippen LogP contribution is -2.41. The van der Waals surface area contributed by atoms with Crippen molar-refractivity contribution in [3.63, 3.8) is 0 Å². The van der Waals surface area contributed by atoms with Gasteiger partial charge in [-0.1, -0.05) is 42.5 Å². The van der Waals surface area contributed by atoms with Gasteiger partial charge in [0.25, 0.3) is 5.69 Å². The number of carbonyl (C=O) groups is 2. The normalized spacial score (nSPS) is 12.5. The first-order chi connectivity index (χ1) is 12.4. The summed E-state index contributed by atoms with van der Waals surface area (Å²) in [7, 11) is 1.18. The van der Waals surface area contributed by atoms with Gasteiger partial charge in [-0.3, -0.25) is 10.1 Å². The number of carbonyl (C=O) groups excluding carboxylic acids is 2. The van der Waals surface area contributed by atoms with Crippen molar-refractivity contribution < 1.29 is 24.0 Å². The number of hydrogen-bond acceptors (Lipinski definition) is 6. The first-order valence-electron chi connectivity index (χ1n) is 7.67. The number of rotatable bonds is 7. The van der Waals surface area contributed by atoms with Crippen molar-refractivity contribution in [3.05, 3.63) is 88.5 Å². The summed E-state index contributed by atoms with van der Waals surface area (Å²) < 4.78 is 10.4. The summed E-state index contributed by atoms with van der Waals surface area (Å²) in [5, 5.41) is 10.9. The van der Waals surface area contributed by atoms with Gasteiger partial charge in [0.15, 0.2) is 0 Å². The van der Waals surface area contributed by atoms with Crippen LogP contribution in [0.4, 0.5) is 5.69 Å². The van der Waals surface area contributed by atoms with Crippen LogP contribution < -0.4 is 0 Å². The molecule has 0 bridgehead atoms. The smallest absolute Gasteiger partial charge is 0.355 e. The van der Waals surface area contributed by atoms with Crippen LogP contribution >= 0.6 is 0 Å². The Kier molecular flexibility index (Phi) is 5.85. The summed E-state index contributed by atoms with van der Waals surface area (Å²) in [4.78, 5) is 35.4. The highest BCUT2D eigenvalue weighted by atomic mass is 16.6. The molecule has 0 saturated carbocycles. The standard InChI is InChI=1S/C19H17NO6/c1-3-12-19(18(22)25-2,15-9-5-4-6-10-15)26-17(21)14-8-7-11-16(13-14)20(23)24/h3-11,13H,1,12H2,2H3. The third-order valence-corrected chi connectivity index (χ3v) is 3.75. The summed E-state index contributed by atoms with van der Waals surface area (Å²) in [6.07, 6.45) is 1.41. The molecular weight excluding hydrogens is 338 g/mol. The van der Waals surface area contributed by atoms with E-state index in [9.17, 15) is 19.7 Å². The molecule has 1 atom stereocenters. The van der Waals surface area contributed by atoms with Gasteiger partial charge < -0.3 is 9.47 Å². The summed E-state index contributed by atoms with van der Waals surface area (Å²) in [6.45, 7) is 3.62. The van der Waals surface area contributed by atoms with E-state index in [-0.39, 0.29) is 17.7 Å². The summed E-state index contributed by atoms with van der Waals surface area (Å²) in [5.74, 6) is -1.66. The molecule has 1 unspecified atom stereocenters. The lowest BCUT2D eigenvalue weighted by Gasteiger charge is -2.30. The van der Waals surface area contributed by atoms with Crippen molar-refractivity contribution in [3.8, 4) is 0 Å². The third-order valence-electron chi connectivity index (χ3n) is 3.75. The molecule has 0 aromatic heterocycles. The molecule has 134 valence electrons. The van der Waals surface area contributed by atoms with Gasteiger partial charge in [-0.15, -0.1) is 6.58 Å². The Morgan fingerprint density at radius 2 is 1.88 bits per heavy atom. The fourth-order valence-electron chi connectivity index (χ4n) is 2.50. The molecule has 2 aromatic rings. The Hall–Kier alpha value is -3.48. The number of nitro groups is 1. The van der Waals surface area contributed by atoms with E-state index in [1.807, 2.05) is 0 Å². The number of non-ortho nitro benzene ring substituents is 1. The Morgan fingerprint density at radius 3 is 2.46 bits per heavy atom. The van der Waals surface area contributed by atoms with Crippen LogP contribution in [0, 0.1) is 10.1 Å². The first-order valence-corrected chi connectivity index (χ1v) is 7.67. The van der Waals surface area contributed by atoms with Crippen molar-refractivity contribution in [1.29, 1.82) is 0 Å². The predicted octanol–water partition coefficient (Wildman–Crippen LogP) is 3.40. The van der Waals surface area contributed by atoms with Crippen LogP contribution in [0.2, 0.25) is 0 Å². The largest absolute Gasteiger partial charge is 0.466 e. The fourth-order valence-corrected chi connectivity index (χ4v) is 2.50. The number of esters is 2. The van der Waals surface area contributed by atoms with E-state index in [1.54, 1.807) is 30.3 Å². The van der Waals surface area contributed by atoms with E-state index < -0.39 is 22.5 Å². The maximum atomic E-state index is 12.6. The molecule has 7 nitrogen and oxygen atoms in total. The van der Waals surface area contributed by atoms with E-state index in [2.05, 4.69) is 6.58 Å². The molecule has 0 N–H and O–H groups in total. The van der Waals surface area contributed by atoms with E-state index >= 15 is 0 Å². The number of hydrogen-bond donors (Lipinski definition) is 0. The van der Waals surface area contributed by atoms with Gasteiger partial charge in [-0.25, -0.2) is 9.59 Å². The molecule has 0 amide bonds. The highest BCUT2D eigenvalue weighted by Crippen LogP contribution is 2.33. The molecule has 0 fully saturated rings. The Labute approximate surface area is 150 Å². The zero-order chi connectivity index (χ0) is 19.2. The second kappa shape index (κ2) is 8.06. The molecule has 2 aromatic carbocycles. The average molecular weight is 355 g/mol. The minimum atomic E-state index is -1.74. The van der Waals surface area contributed by atoms with Gasteiger partial charge in [0.1, 0.15) is 0 Å². The number of benzene rings is 2. The van der Waals surface area contributed by atoms with Gasteiger partial charge in [-0.05, 0) is 6.07 Å². The van der Waals surface area contributed by atoms with Gasteiger partial charge >= 0.3 is 11.9 Å². The van der Waals surface area contributed by atoms with Crippen LogP contribution in [-0.4, -0.2) is 24.0 Å². The van der Waals surface area contributed by atoms with Crippen LogP contribution in [0.5, 0.6) is 0 Å². The average Bonchev–Trinajstić information content (AvgIpc) is 2.67. The maximum absolute atomic E-state index is 12.6. The Bertz CT molecular complexity index is 833. The molecule has 7 heteroatoms. The van der Waals surface area contributed by atoms with Crippen molar-refractivity contribution in [2.45, 2.75) is 12.0 Å². The van der Waals surface area contributed by atoms with Crippen LogP contribution in [-0.2, 0) is 19.9 Å². The van der Waals surface area contributed by atoms with Gasteiger partial charge in [0.2, 0.25) is 5.60 Å². The number of ether oxygens (including phenoxy) is 2. The van der Waals surface area contributed by atoms with Crippen LogP contribution in [0.1, 0.15) is 22.3 Å². The summed E-state index contributed by atoms with van der Waals surface area (Å²) in [6, 6.07) is 13.5. The van der Waals surface area contributed by atoms with E-state index in [0.29, 0.717) is 5.56 Å². The molecule has 0 aliphatic heterocycles. The van der Waals surface area contributed by atoms with Crippen molar-refractivity contribution in [2.24, 2.45) is 0 Å². The second-order valence-corrected chi connectivity index (χ2v) is 5.37. The second-order valence-electron chi connectivity index (χ2n) is 5.37. The third kappa shape index (κ3) is 3.77. The summed E-state index contributed by atoms with van der Waals surface area (Å²) in [5.41, 5.74) is -1.64. The van der Waals surface area contributed by atoms with Gasteiger partial charge in [-0.2, -0.15) is 0 Å². The molecule has 0 spiro atoms. The van der Waals surface area contributed by atoms with Crippen LogP contribution in [0.15, 0.2) is 67.3 Å². The Morgan fingerprint density at radius 1 is 1.19 bits per heavy atom. The molecule has 0 heterocycles. The lowest BCUT2D eigenvalue weighted by molar-refractivity contribution is -0.384. The SMILES string of the molecule is C=CCC(OC(=O)c1cccc([N+](=O)[O-])c1)(C(=O)OC)c1ccccc1. The molecule has 0 aliphatic carbocycles. The highest BCUT2D eigenvalue weighted by molar-refractivity contribution is 5.93. The zero-order valence-corrected chi connectivity index (χ0v) is 14.1. The minimum absolute atomic E-state index is 0.0235. The minimum Gasteiger partial charge on any atom is -0.466 e. The predicted molar refractivity (Wildman–Crippen MR) is 93.5 cm³/mol. The highest BCUT2D eigenvalue weighted by Gasteiger charge is 2.45. The molecule has 0 aliphatic rings. The first kappa shape index (κ1) is 18.9. The van der Waals surface area contributed by atoms with Gasteiger partial charge in [0, 0.05) is 24.1 Å². The number of nitro benzene ring substituents is 1. The maximum Gasteiger partial charge on any atom is 0.355 e. The van der Waals surface area contributed by atoms with Crippen molar-refractivity contribution in [1.82, 2.24) is 0 Å². The van der Waals surface area contributed by atoms with E-state index in [0.717, 1.165) is 6.07 Å². The van der Waals surface area contributed by atoms with Crippen LogP contribution in [0.25, 0.3) is 0 Å². The number of nitrogens with zero attached hydrogens (tertiary/aromatic N) is 1. The molecule has 0 radical (unpaired) electrons. The number of methoxy groups -OCH3 is 1. The van der Waals surface area contributed by atoms with Crippen LogP contribution in [0.3, 0.4) is 0 Å². The summed E-state index contributed by atoms with van der Waals surface area (Å²) >= 11 is 0. The van der Waals surface area contributed by atoms with E-state index in [1.165, 1.54) is 31.4 Å². The fraction of sp³-hybridized carbons (Fsp3) is 0.158. The van der Waals surface area contributed by atoms with Crippen molar-refractivity contribution in [2.75, 3.05) is 7.11 Å². The zero-order valence-electron chi connectivity index (χ0n) is 14.1. The van der Waals surface area contributed by atoms with E-state index in [4.69, 9.17) is 9.47 Å². The Balaban J connectivity index is 2.48. The lowest BCUT2D eigenvalue weighted by atomic mass is 9.90. The topological polar surface area (TPSA) is 95.7 Å². The van der Waals surface area contributed by atoms with Gasteiger partial charge in [0.05, 0.1) is 17.6 Å². The molecule has 26 heavy (non-hydrogen) atoms. The monoisotopic (exact) mass is 355 g/mol.